The molecular formula is C18H25NO6. The Balaban J connectivity index is 3.43. The van der Waals surface area contributed by atoms with Crippen molar-refractivity contribution in [1.29, 1.82) is 0 Å². The number of carbonyl (C=O) groups is 3. The summed E-state index contributed by atoms with van der Waals surface area (Å²) in [4.78, 5) is 38.6. The molecule has 1 rings (SSSR count). The quantitative estimate of drug-likeness (QED) is 0.592. The Morgan fingerprint density at radius 3 is 1.88 bits per heavy atom. The van der Waals surface area contributed by atoms with Crippen molar-refractivity contribution >= 4 is 17.9 Å². The van der Waals surface area contributed by atoms with E-state index in [1.807, 2.05) is 0 Å². The van der Waals surface area contributed by atoms with Crippen LogP contribution in [0.2, 0.25) is 0 Å². The van der Waals surface area contributed by atoms with Gasteiger partial charge in [0, 0.05) is 18.3 Å². The first-order chi connectivity index (χ1) is 11.8. The molecule has 0 saturated carbocycles. The molecule has 0 spiro atoms. The Hall–Kier alpha value is -2.44. The van der Waals surface area contributed by atoms with Crippen molar-refractivity contribution in [2.24, 2.45) is 5.92 Å². The number of aliphatic carboxylic acids is 3. The van der Waals surface area contributed by atoms with E-state index in [4.69, 9.17) is 0 Å². The predicted molar refractivity (Wildman–Crippen MR) is 90.7 cm³/mol. The molecule has 3 N–H and O–H groups in total. The van der Waals surface area contributed by atoms with Gasteiger partial charge in [-0.2, -0.15) is 0 Å². The molecule has 1 aromatic heterocycles. The molecule has 0 aliphatic heterocycles. The molecule has 1 heterocycles. The summed E-state index contributed by atoms with van der Waals surface area (Å²) in [7, 11) is 0. The third kappa shape index (κ3) is 5.01. The number of hydrogen-bond donors (Lipinski definition) is 3. The summed E-state index contributed by atoms with van der Waals surface area (Å²) in [6, 6.07) is 1.57. The summed E-state index contributed by atoms with van der Waals surface area (Å²) < 4.78 is 0. The molecule has 0 saturated heterocycles. The van der Waals surface area contributed by atoms with Gasteiger partial charge in [0.1, 0.15) is 0 Å². The highest BCUT2D eigenvalue weighted by Crippen LogP contribution is 2.29. The largest absolute Gasteiger partial charge is 0.481 e. The maximum Gasteiger partial charge on any atom is 0.311 e. The van der Waals surface area contributed by atoms with Gasteiger partial charge < -0.3 is 15.3 Å². The normalized spacial score (nSPS) is 14.5. The molecule has 0 aromatic carbocycles. The van der Waals surface area contributed by atoms with Gasteiger partial charge in [0.2, 0.25) is 0 Å². The first-order valence-corrected chi connectivity index (χ1v) is 8.43. The molecule has 0 bridgehead atoms. The molecule has 7 nitrogen and oxygen atoms in total. The molecule has 3 atom stereocenters. The van der Waals surface area contributed by atoms with Gasteiger partial charge in [0.05, 0.1) is 17.8 Å². The van der Waals surface area contributed by atoms with E-state index < -0.39 is 35.7 Å². The van der Waals surface area contributed by atoms with E-state index in [-0.39, 0.29) is 6.42 Å². The van der Waals surface area contributed by atoms with Crippen molar-refractivity contribution < 1.29 is 29.7 Å². The zero-order chi connectivity index (χ0) is 19.1. The van der Waals surface area contributed by atoms with Crippen molar-refractivity contribution in [3.05, 3.63) is 29.1 Å². The summed E-state index contributed by atoms with van der Waals surface area (Å²) in [5.41, 5.74) is 1.26. The second kappa shape index (κ2) is 9.15. The van der Waals surface area contributed by atoms with Gasteiger partial charge in [0.15, 0.2) is 0 Å². The minimum atomic E-state index is -1.03. The smallest absolute Gasteiger partial charge is 0.311 e. The monoisotopic (exact) mass is 351 g/mol. The van der Waals surface area contributed by atoms with Crippen LogP contribution in [0.5, 0.6) is 0 Å². The Bertz CT molecular complexity index is 642. The van der Waals surface area contributed by atoms with Crippen molar-refractivity contribution in [2.75, 3.05) is 0 Å². The average Bonchev–Trinajstić information content (AvgIpc) is 2.54. The van der Waals surface area contributed by atoms with Crippen LogP contribution >= 0.6 is 0 Å². The summed E-state index contributed by atoms with van der Waals surface area (Å²) in [6.07, 6.45) is 2.60. The number of rotatable bonds is 10. The molecule has 7 heteroatoms. The van der Waals surface area contributed by atoms with Crippen LogP contribution in [0.4, 0.5) is 0 Å². The first-order valence-electron chi connectivity index (χ1n) is 8.43. The van der Waals surface area contributed by atoms with Crippen molar-refractivity contribution in [3.8, 4) is 0 Å². The molecule has 0 radical (unpaired) electrons. The van der Waals surface area contributed by atoms with Crippen molar-refractivity contribution in [2.45, 2.75) is 58.3 Å². The lowest BCUT2D eigenvalue weighted by molar-refractivity contribution is -0.142. The van der Waals surface area contributed by atoms with Crippen LogP contribution in [0.15, 0.2) is 12.3 Å². The molecule has 25 heavy (non-hydrogen) atoms. The second-order valence-electron chi connectivity index (χ2n) is 6.05. The SMILES string of the molecule is CCC(Cc1ncc(C(CC)C(=O)O)cc1C(CC)C(=O)O)C(=O)O. The van der Waals surface area contributed by atoms with Gasteiger partial charge in [-0.15, -0.1) is 0 Å². The molecule has 138 valence electrons. The maximum absolute atomic E-state index is 11.6. The van der Waals surface area contributed by atoms with E-state index in [9.17, 15) is 29.7 Å². The lowest BCUT2D eigenvalue weighted by Gasteiger charge is -2.20. The maximum atomic E-state index is 11.6. The molecule has 3 unspecified atom stereocenters. The van der Waals surface area contributed by atoms with Gasteiger partial charge >= 0.3 is 17.9 Å². The lowest BCUT2D eigenvalue weighted by atomic mass is 9.87. The van der Waals surface area contributed by atoms with Crippen LogP contribution in [-0.2, 0) is 20.8 Å². The fourth-order valence-electron chi connectivity index (χ4n) is 2.91. The van der Waals surface area contributed by atoms with Gasteiger partial charge in [-0.05, 0) is 30.4 Å². The molecule has 1 aromatic rings. The standard InChI is InChI=1S/C18H25NO6/c1-4-10(16(20)21)8-15-14(13(6-3)18(24)25)7-11(9-19-15)12(5-2)17(22)23/h7,9-10,12-13H,4-6,8H2,1-3H3,(H,20,21)(H,22,23)(H,24,25). The van der Waals surface area contributed by atoms with Crippen molar-refractivity contribution in [3.63, 3.8) is 0 Å². The van der Waals surface area contributed by atoms with Gasteiger partial charge in [-0.1, -0.05) is 26.8 Å². The third-order valence-corrected chi connectivity index (χ3v) is 4.50. The van der Waals surface area contributed by atoms with Crippen LogP contribution in [0, 0.1) is 5.92 Å². The number of aromatic nitrogens is 1. The van der Waals surface area contributed by atoms with Crippen LogP contribution in [0.1, 0.15) is 68.7 Å². The molecule has 0 fully saturated rings. The van der Waals surface area contributed by atoms with Gasteiger partial charge in [-0.25, -0.2) is 0 Å². The Morgan fingerprint density at radius 2 is 1.48 bits per heavy atom. The number of pyridine rings is 1. The number of carboxylic acid groups (broad SMARTS) is 3. The zero-order valence-electron chi connectivity index (χ0n) is 14.7. The number of nitrogens with zero attached hydrogens (tertiary/aromatic N) is 1. The summed E-state index contributed by atoms with van der Waals surface area (Å²) in [6.45, 7) is 5.20. The van der Waals surface area contributed by atoms with E-state index in [1.54, 1.807) is 26.8 Å². The summed E-state index contributed by atoms with van der Waals surface area (Å²) in [5.74, 6) is -5.27. The highest BCUT2D eigenvalue weighted by molar-refractivity contribution is 5.78. The van der Waals surface area contributed by atoms with Crippen LogP contribution in [0.3, 0.4) is 0 Å². The third-order valence-electron chi connectivity index (χ3n) is 4.50. The molecule has 0 amide bonds. The fourth-order valence-corrected chi connectivity index (χ4v) is 2.91. The molecular weight excluding hydrogens is 326 g/mol. The van der Waals surface area contributed by atoms with E-state index >= 15 is 0 Å². The minimum absolute atomic E-state index is 0.120. The van der Waals surface area contributed by atoms with Crippen molar-refractivity contribution in [1.82, 2.24) is 4.98 Å². The number of hydrogen-bond acceptors (Lipinski definition) is 4. The topological polar surface area (TPSA) is 125 Å². The Labute approximate surface area is 146 Å². The lowest BCUT2D eigenvalue weighted by Crippen LogP contribution is -2.21. The fraction of sp³-hybridized carbons (Fsp3) is 0.556. The van der Waals surface area contributed by atoms with Crippen LogP contribution < -0.4 is 0 Å². The van der Waals surface area contributed by atoms with E-state index in [2.05, 4.69) is 4.98 Å². The summed E-state index contributed by atoms with van der Waals surface area (Å²) in [5, 5.41) is 28.1. The highest BCUT2D eigenvalue weighted by atomic mass is 16.4. The minimum Gasteiger partial charge on any atom is -0.481 e. The second-order valence-corrected chi connectivity index (χ2v) is 6.05. The van der Waals surface area contributed by atoms with Crippen LogP contribution in [0.25, 0.3) is 0 Å². The molecule has 0 aliphatic carbocycles. The van der Waals surface area contributed by atoms with Gasteiger partial charge in [-0.3, -0.25) is 19.4 Å². The summed E-state index contributed by atoms with van der Waals surface area (Å²) >= 11 is 0. The zero-order valence-corrected chi connectivity index (χ0v) is 14.7. The highest BCUT2D eigenvalue weighted by Gasteiger charge is 2.27. The Kier molecular flexibility index (Phi) is 7.54. The van der Waals surface area contributed by atoms with Gasteiger partial charge in [0.25, 0.3) is 0 Å². The average molecular weight is 351 g/mol. The Morgan fingerprint density at radius 1 is 0.920 bits per heavy atom. The predicted octanol–water partition coefficient (Wildman–Crippen LogP) is 2.89. The number of carboxylic acids is 3. The van der Waals surface area contributed by atoms with E-state index in [1.165, 1.54) is 6.20 Å². The van der Waals surface area contributed by atoms with E-state index in [0.29, 0.717) is 36.1 Å². The first kappa shape index (κ1) is 20.6. The van der Waals surface area contributed by atoms with E-state index in [0.717, 1.165) is 0 Å². The van der Waals surface area contributed by atoms with Crippen LogP contribution in [-0.4, -0.2) is 38.2 Å². The molecule has 0 aliphatic rings.